The van der Waals surface area contributed by atoms with E-state index >= 15 is 0 Å². The first-order chi connectivity index (χ1) is 9.29. The van der Waals surface area contributed by atoms with Crippen molar-refractivity contribution in [3.8, 4) is 11.5 Å². The molecule has 0 spiro atoms. The van der Waals surface area contributed by atoms with Gasteiger partial charge in [-0.25, -0.2) is 0 Å². The van der Waals surface area contributed by atoms with Crippen LogP contribution < -0.4 is 9.47 Å². The monoisotopic (exact) mass is 279 g/mol. The molecule has 1 saturated heterocycles. The summed E-state index contributed by atoms with van der Waals surface area (Å²) in [7, 11) is 0. The second-order valence-electron chi connectivity index (χ2n) is 4.67. The lowest BCUT2D eigenvalue weighted by Crippen LogP contribution is -2.29. The predicted octanol–water partition coefficient (Wildman–Crippen LogP) is 2.79. The van der Waals surface area contributed by atoms with Crippen molar-refractivity contribution in [1.82, 2.24) is 4.90 Å². The standard InChI is InChI=1S/C14H17NO3S/c1-2-3-13(16)15-6-7-19-14(15)10-4-5-11-12(8-10)18-9-17-11/h4-5,8,14H,2-3,6-7,9H2,1H3/t14-/m0/s1. The smallest absolute Gasteiger partial charge is 0.231 e. The summed E-state index contributed by atoms with van der Waals surface area (Å²) in [6, 6.07) is 5.96. The third-order valence-electron chi connectivity index (χ3n) is 3.36. The highest BCUT2D eigenvalue weighted by atomic mass is 32.2. The molecule has 5 heteroatoms. The Bertz CT molecular complexity index is 492. The van der Waals surface area contributed by atoms with Gasteiger partial charge in [0.25, 0.3) is 0 Å². The Morgan fingerprint density at radius 1 is 1.42 bits per heavy atom. The number of benzene rings is 1. The van der Waals surface area contributed by atoms with Crippen LogP contribution in [0.2, 0.25) is 0 Å². The molecule has 4 nitrogen and oxygen atoms in total. The fraction of sp³-hybridized carbons (Fsp3) is 0.500. The van der Waals surface area contributed by atoms with Gasteiger partial charge < -0.3 is 14.4 Å². The highest BCUT2D eigenvalue weighted by Crippen LogP contribution is 2.42. The van der Waals surface area contributed by atoms with Gasteiger partial charge in [0, 0.05) is 18.7 Å². The summed E-state index contributed by atoms with van der Waals surface area (Å²) in [6.45, 7) is 3.16. The Morgan fingerprint density at radius 3 is 3.11 bits per heavy atom. The topological polar surface area (TPSA) is 38.8 Å². The summed E-state index contributed by atoms with van der Waals surface area (Å²) in [5, 5.41) is 0.119. The van der Waals surface area contributed by atoms with Crippen LogP contribution in [0, 0.1) is 0 Å². The third-order valence-corrected chi connectivity index (χ3v) is 4.62. The molecule has 0 bridgehead atoms. The average molecular weight is 279 g/mol. The summed E-state index contributed by atoms with van der Waals surface area (Å²) in [5.41, 5.74) is 1.12. The lowest BCUT2D eigenvalue weighted by atomic mass is 10.1. The predicted molar refractivity (Wildman–Crippen MR) is 74.4 cm³/mol. The minimum Gasteiger partial charge on any atom is -0.454 e. The summed E-state index contributed by atoms with van der Waals surface area (Å²) in [4.78, 5) is 14.1. The number of hydrogen-bond acceptors (Lipinski definition) is 4. The van der Waals surface area contributed by atoms with Crippen LogP contribution in [0.1, 0.15) is 30.7 Å². The first kappa shape index (κ1) is 12.7. The number of ether oxygens (including phenoxy) is 2. The van der Waals surface area contributed by atoms with Gasteiger partial charge in [-0.05, 0) is 24.1 Å². The number of rotatable bonds is 3. The number of carbonyl (C=O) groups excluding carboxylic acids is 1. The lowest BCUT2D eigenvalue weighted by Gasteiger charge is -2.24. The Kier molecular flexibility index (Phi) is 3.55. The van der Waals surface area contributed by atoms with Crippen molar-refractivity contribution in [2.75, 3.05) is 19.1 Å². The summed E-state index contributed by atoms with van der Waals surface area (Å²) in [5.74, 6) is 2.82. The molecule has 0 aliphatic carbocycles. The van der Waals surface area contributed by atoms with E-state index in [9.17, 15) is 4.79 Å². The SMILES string of the molecule is CCCC(=O)N1CCS[C@H]1c1ccc2c(c1)OCO2. The summed E-state index contributed by atoms with van der Waals surface area (Å²) >= 11 is 1.81. The highest BCUT2D eigenvalue weighted by molar-refractivity contribution is 7.99. The molecule has 2 aliphatic rings. The van der Waals surface area contributed by atoms with E-state index in [1.165, 1.54) is 0 Å². The van der Waals surface area contributed by atoms with E-state index in [2.05, 4.69) is 0 Å². The van der Waals surface area contributed by atoms with Crippen LogP contribution in [0.3, 0.4) is 0 Å². The van der Waals surface area contributed by atoms with E-state index in [1.807, 2.05) is 41.8 Å². The first-order valence-electron chi connectivity index (χ1n) is 6.60. The summed E-state index contributed by atoms with van der Waals surface area (Å²) in [6.07, 6.45) is 1.52. The highest BCUT2D eigenvalue weighted by Gasteiger charge is 2.31. The largest absolute Gasteiger partial charge is 0.454 e. The van der Waals surface area contributed by atoms with E-state index in [4.69, 9.17) is 9.47 Å². The second-order valence-corrected chi connectivity index (χ2v) is 5.86. The van der Waals surface area contributed by atoms with Gasteiger partial charge in [-0.3, -0.25) is 4.79 Å². The number of nitrogens with zero attached hydrogens (tertiary/aromatic N) is 1. The minimum atomic E-state index is 0.119. The molecule has 1 amide bonds. The molecule has 0 N–H and O–H groups in total. The number of carbonyl (C=O) groups is 1. The van der Waals surface area contributed by atoms with Crippen LogP contribution >= 0.6 is 11.8 Å². The van der Waals surface area contributed by atoms with Crippen LogP contribution in [-0.2, 0) is 4.79 Å². The van der Waals surface area contributed by atoms with Crippen LogP contribution in [0.25, 0.3) is 0 Å². The molecule has 1 fully saturated rings. The van der Waals surface area contributed by atoms with Crippen LogP contribution in [0.4, 0.5) is 0 Å². The molecular weight excluding hydrogens is 262 g/mol. The van der Waals surface area contributed by atoms with Crippen molar-refractivity contribution < 1.29 is 14.3 Å². The molecule has 0 saturated carbocycles. The molecule has 2 heterocycles. The fourth-order valence-corrected chi connectivity index (χ4v) is 3.69. The van der Waals surface area contributed by atoms with E-state index < -0.39 is 0 Å². The zero-order valence-electron chi connectivity index (χ0n) is 10.9. The van der Waals surface area contributed by atoms with Gasteiger partial charge in [0.2, 0.25) is 12.7 Å². The number of fused-ring (bicyclic) bond motifs is 1. The zero-order chi connectivity index (χ0) is 13.2. The third kappa shape index (κ3) is 2.39. The van der Waals surface area contributed by atoms with Gasteiger partial charge in [0.15, 0.2) is 11.5 Å². The van der Waals surface area contributed by atoms with E-state index in [0.717, 1.165) is 35.8 Å². The average Bonchev–Trinajstić information content (AvgIpc) is 3.07. The molecule has 1 aromatic rings. The van der Waals surface area contributed by atoms with Crippen LogP contribution in [0.15, 0.2) is 18.2 Å². The maximum absolute atomic E-state index is 12.1. The van der Waals surface area contributed by atoms with Gasteiger partial charge in [-0.1, -0.05) is 13.0 Å². The van der Waals surface area contributed by atoms with Crippen molar-refractivity contribution in [3.05, 3.63) is 23.8 Å². The van der Waals surface area contributed by atoms with Crippen molar-refractivity contribution in [2.24, 2.45) is 0 Å². The Morgan fingerprint density at radius 2 is 2.26 bits per heavy atom. The number of amides is 1. The molecular formula is C14H17NO3S. The van der Waals surface area contributed by atoms with E-state index in [0.29, 0.717) is 6.42 Å². The molecule has 102 valence electrons. The summed E-state index contributed by atoms with van der Waals surface area (Å²) < 4.78 is 10.7. The van der Waals surface area contributed by atoms with E-state index in [1.54, 1.807) is 0 Å². The van der Waals surface area contributed by atoms with Gasteiger partial charge in [0.05, 0.1) is 0 Å². The Hall–Kier alpha value is -1.36. The molecule has 2 aliphatic heterocycles. The molecule has 0 radical (unpaired) electrons. The van der Waals surface area contributed by atoms with Crippen molar-refractivity contribution in [1.29, 1.82) is 0 Å². The second kappa shape index (κ2) is 5.33. The molecule has 3 rings (SSSR count). The van der Waals surface area contributed by atoms with Gasteiger partial charge in [0.1, 0.15) is 5.37 Å². The Labute approximate surface area is 117 Å². The van der Waals surface area contributed by atoms with Crippen molar-refractivity contribution >= 4 is 17.7 Å². The number of thioether (sulfide) groups is 1. The zero-order valence-corrected chi connectivity index (χ0v) is 11.7. The molecule has 19 heavy (non-hydrogen) atoms. The maximum Gasteiger partial charge on any atom is 0.231 e. The van der Waals surface area contributed by atoms with Gasteiger partial charge in [-0.2, -0.15) is 0 Å². The first-order valence-corrected chi connectivity index (χ1v) is 7.65. The maximum atomic E-state index is 12.1. The van der Waals surface area contributed by atoms with Gasteiger partial charge in [-0.15, -0.1) is 11.8 Å². The normalized spacial score (nSPS) is 20.9. The fourth-order valence-electron chi connectivity index (χ4n) is 2.43. The number of hydrogen-bond donors (Lipinski definition) is 0. The van der Waals surface area contributed by atoms with E-state index in [-0.39, 0.29) is 18.1 Å². The van der Waals surface area contributed by atoms with Crippen LogP contribution in [0.5, 0.6) is 11.5 Å². The molecule has 0 aromatic heterocycles. The molecule has 1 aromatic carbocycles. The molecule has 1 atom stereocenters. The quantitative estimate of drug-likeness (QED) is 0.853. The van der Waals surface area contributed by atoms with Crippen molar-refractivity contribution in [2.45, 2.75) is 25.1 Å². The van der Waals surface area contributed by atoms with Crippen LogP contribution in [-0.4, -0.2) is 29.9 Å². The Balaban J connectivity index is 1.82. The molecule has 0 unspecified atom stereocenters. The van der Waals surface area contributed by atoms with Gasteiger partial charge >= 0.3 is 0 Å². The minimum absolute atomic E-state index is 0.119. The van der Waals surface area contributed by atoms with Crippen molar-refractivity contribution in [3.63, 3.8) is 0 Å². The lowest BCUT2D eigenvalue weighted by molar-refractivity contribution is -0.131.